The Balaban J connectivity index is 1.44. The number of Topliss-reactive ketones (excluding diaryl/α,β-unsaturated/α-hetero) is 1. The normalized spacial score (nSPS) is 21.2. The Morgan fingerprint density at radius 2 is 1.77 bits per heavy atom. The van der Waals surface area contributed by atoms with Crippen molar-refractivity contribution in [2.45, 2.75) is 37.4 Å². The molecule has 2 atom stereocenters. The number of hydrogen-bond acceptors (Lipinski definition) is 8. The molecule has 9 heteroatoms. The molecule has 2 heterocycles. The maximum absolute atomic E-state index is 14.1. The molecule has 0 bridgehead atoms. The van der Waals surface area contributed by atoms with Gasteiger partial charge in [-0.3, -0.25) is 9.59 Å². The summed E-state index contributed by atoms with van der Waals surface area (Å²) >= 11 is 1.26. The molecule has 1 saturated heterocycles. The van der Waals surface area contributed by atoms with Crippen molar-refractivity contribution in [1.82, 2.24) is 5.32 Å². The first kappa shape index (κ1) is 25.5. The van der Waals surface area contributed by atoms with E-state index in [1.807, 2.05) is 49.4 Å². The summed E-state index contributed by atoms with van der Waals surface area (Å²) in [4.78, 5) is 27.9. The summed E-state index contributed by atoms with van der Waals surface area (Å²) in [6.45, 7) is 3.10. The molecule has 1 fully saturated rings. The first-order valence-corrected chi connectivity index (χ1v) is 13.8. The molecular formula is C30H30N4O4S. The number of anilines is 1. The average molecular weight is 543 g/mol. The lowest BCUT2D eigenvalue weighted by Crippen LogP contribution is -2.53. The summed E-state index contributed by atoms with van der Waals surface area (Å²) in [6, 6.07) is 17.4. The molecule has 1 amide bonds. The molecule has 1 aliphatic heterocycles. The predicted molar refractivity (Wildman–Crippen MR) is 152 cm³/mol. The third kappa shape index (κ3) is 4.18. The molecule has 200 valence electrons. The highest BCUT2D eigenvalue weighted by Crippen LogP contribution is 2.50. The largest absolute Gasteiger partial charge is 0.457 e. The molecule has 0 radical (unpaired) electrons. The van der Waals surface area contributed by atoms with Crippen LogP contribution in [0.25, 0.3) is 10.1 Å². The van der Waals surface area contributed by atoms with E-state index >= 15 is 0 Å². The number of para-hydroxylation sites is 1. The highest BCUT2D eigenvalue weighted by Gasteiger charge is 2.49. The number of hydrogen-bond donors (Lipinski definition) is 4. The molecule has 0 spiro atoms. The first-order chi connectivity index (χ1) is 18.8. The van der Waals surface area contributed by atoms with Crippen LogP contribution >= 0.6 is 11.3 Å². The first-order valence-electron chi connectivity index (χ1n) is 13.0. The Morgan fingerprint density at radius 3 is 2.49 bits per heavy atom. The summed E-state index contributed by atoms with van der Waals surface area (Å²) in [6.07, 6.45) is 1.47. The quantitative estimate of drug-likeness (QED) is 0.276. The molecule has 7 N–H and O–H groups in total. The van der Waals surface area contributed by atoms with Crippen LogP contribution in [-0.2, 0) is 15.1 Å². The van der Waals surface area contributed by atoms with Crippen molar-refractivity contribution in [2.24, 2.45) is 11.5 Å². The SMILES string of the molecule is Cc1cc(Oc2ccccc2)ccc1C1(N)C(=O)C(N)c2c(C(=O)NC3CCOCC3)sc3c(N)ccc1c23. The summed E-state index contributed by atoms with van der Waals surface area (Å²) in [5, 5.41) is 3.79. The second kappa shape index (κ2) is 9.77. The molecule has 2 unspecified atom stereocenters. The summed E-state index contributed by atoms with van der Waals surface area (Å²) in [5.41, 5.74) is 21.5. The Hall–Kier alpha value is -3.76. The third-order valence-electron chi connectivity index (χ3n) is 7.68. The maximum atomic E-state index is 14.1. The standard InChI is InChI=1S/C30H30N4O4S/c1-16-15-19(38-18-5-3-2-4-6-18)7-8-20(16)30(33)21-9-10-22(31)26-23(21)24(25(32)28(30)35)27(39-26)29(36)34-17-11-13-37-14-12-17/h2-10,15,17,25H,11-14,31-33H2,1H3,(H,34,36). The second-order valence-electron chi connectivity index (χ2n) is 10.2. The van der Waals surface area contributed by atoms with E-state index in [9.17, 15) is 9.59 Å². The molecule has 39 heavy (non-hydrogen) atoms. The minimum Gasteiger partial charge on any atom is -0.457 e. The highest BCUT2D eigenvalue weighted by atomic mass is 32.1. The van der Waals surface area contributed by atoms with Gasteiger partial charge in [-0.15, -0.1) is 11.3 Å². The van der Waals surface area contributed by atoms with Crippen molar-refractivity contribution in [3.05, 3.63) is 87.8 Å². The van der Waals surface area contributed by atoms with Gasteiger partial charge in [-0.05, 0) is 66.8 Å². The Kier molecular flexibility index (Phi) is 6.39. The van der Waals surface area contributed by atoms with Gasteiger partial charge in [0.15, 0.2) is 5.78 Å². The number of nitrogens with two attached hydrogens (primary N) is 3. The van der Waals surface area contributed by atoms with Gasteiger partial charge in [0.2, 0.25) is 0 Å². The zero-order chi connectivity index (χ0) is 27.3. The molecule has 6 rings (SSSR count). The zero-order valence-electron chi connectivity index (χ0n) is 21.5. The van der Waals surface area contributed by atoms with Gasteiger partial charge in [0.25, 0.3) is 5.91 Å². The summed E-state index contributed by atoms with van der Waals surface area (Å²) in [5.74, 6) is 0.705. The fourth-order valence-corrected chi connectivity index (χ4v) is 6.89. The average Bonchev–Trinajstić information content (AvgIpc) is 3.35. The van der Waals surface area contributed by atoms with Gasteiger partial charge in [-0.25, -0.2) is 0 Å². The molecule has 1 aliphatic carbocycles. The Labute approximate surface area is 230 Å². The van der Waals surface area contributed by atoms with Gasteiger partial charge in [0, 0.05) is 35.9 Å². The van der Waals surface area contributed by atoms with Gasteiger partial charge in [0.1, 0.15) is 17.0 Å². The number of benzene rings is 3. The van der Waals surface area contributed by atoms with Crippen molar-refractivity contribution < 1.29 is 19.1 Å². The van der Waals surface area contributed by atoms with Crippen molar-refractivity contribution >= 4 is 38.8 Å². The van der Waals surface area contributed by atoms with Crippen LogP contribution in [0, 0.1) is 6.92 Å². The number of nitrogen functional groups attached to an aromatic ring is 1. The minimum absolute atomic E-state index is 0.00358. The molecule has 4 aromatic rings. The number of amides is 1. The van der Waals surface area contributed by atoms with E-state index in [1.54, 1.807) is 18.2 Å². The van der Waals surface area contributed by atoms with Crippen LogP contribution in [0.2, 0.25) is 0 Å². The maximum Gasteiger partial charge on any atom is 0.261 e. The smallest absolute Gasteiger partial charge is 0.261 e. The molecule has 8 nitrogen and oxygen atoms in total. The third-order valence-corrected chi connectivity index (χ3v) is 8.93. The number of ether oxygens (including phenoxy) is 2. The lowest BCUT2D eigenvalue weighted by Gasteiger charge is -2.37. The van der Waals surface area contributed by atoms with Crippen molar-refractivity contribution in [3.8, 4) is 11.5 Å². The second-order valence-corrected chi connectivity index (χ2v) is 11.2. The number of carbonyl (C=O) groups is 2. The zero-order valence-corrected chi connectivity index (χ0v) is 22.3. The van der Waals surface area contributed by atoms with Crippen molar-refractivity contribution in [1.29, 1.82) is 0 Å². The van der Waals surface area contributed by atoms with Crippen LogP contribution < -0.4 is 27.3 Å². The molecule has 3 aromatic carbocycles. The topological polar surface area (TPSA) is 143 Å². The molecule has 2 aliphatic rings. The van der Waals surface area contributed by atoms with E-state index in [0.717, 1.165) is 18.4 Å². The van der Waals surface area contributed by atoms with Crippen molar-refractivity contribution in [2.75, 3.05) is 18.9 Å². The lowest BCUT2D eigenvalue weighted by molar-refractivity contribution is -0.124. The van der Waals surface area contributed by atoms with E-state index < -0.39 is 11.6 Å². The van der Waals surface area contributed by atoms with E-state index in [2.05, 4.69) is 5.32 Å². The predicted octanol–water partition coefficient (Wildman–Crippen LogP) is 4.28. The van der Waals surface area contributed by atoms with Gasteiger partial charge >= 0.3 is 0 Å². The lowest BCUT2D eigenvalue weighted by atomic mass is 9.69. The summed E-state index contributed by atoms with van der Waals surface area (Å²) in [7, 11) is 0. The molecular weight excluding hydrogens is 512 g/mol. The van der Waals surface area contributed by atoms with E-state index in [1.165, 1.54) is 11.3 Å². The van der Waals surface area contributed by atoms with Gasteiger partial charge < -0.3 is 32.0 Å². The van der Waals surface area contributed by atoms with Gasteiger partial charge in [-0.2, -0.15) is 0 Å². The summed E-state index contributed by atoms with van der Waals surface area (Å²) < 4.78 is 12.1. The Bertz CT molecular complexity index is 1600. The number of thiophene rings is 1. The fraction of sp³-hybridized carbons (Fsp3) is 0.267. The van der Waals surface area contributed by atoms with Crippen LogP contribution in [0.5, 0.6) is 11.5 Å². The number of ketones is 1. The van der Waals surface area contributed by atoms with Crippen LogP contribution in [0.4, 0.5) is 5.69 Å². The van der Waals surface area contributed by atoms with E-state index in [0.29, 0.717) is 62.1 Å². The van der Waals surface area contributed by atoms with Crippen LogP contribution in [0.15, 0.2) is 60.7 Å². The van der Waals surface area contributed by atoms with E-state index in [-0.39, 0.29) is 17.7 Å². The monoisotopic (exact) mass is 542 g/mol. The van der Waals surface area contributed by atoms with Crippen LogP contribution in [0.3, 0.4) is 0 Å². The number of nitrogens with one attached hydrogen (secondary N) is 1. The Morgan fingerprint density at radius 1 is 1.05 bits per heavy atom. The van der Waals surface area contributed by atoms with Gasteiger partial charge in [0.05, 0.1) is 15.6 Å². The van der Waals surface area contributed by atoms with Gasteiger partial charge in [-0.1, -0.05) is 30.3 Å². The number of carbonyl (C=O) groups excluding carboxylic acids is 2. The molecule has 1 aromatic heterocycles. The minimum atomic E-state index is -1.52. The number of aryl methyl sites for hydroxylation is 1. The highest BCUT2D eigenvalue weighted by molar-refractivity contribution is 7.21. The molecule has 0 saturated carbocycles. The number of rotatable bonds is 5. The fourth-order valence-electron chi connectivity index (χ4n) is 5.69. The van der Waals surface area contributed by atoms with Crippen molar-refractivity contribution in [3.63, 3.8) is 0 Å². The van der Waals surface area contributed by atoms with E-state index in [4.69, 9.17) is 26.7 Å². The van der Waals surface area contributed by atoms with Crippen LogP contribution in [-0.4, -0.2) is 30.9 Å². The van der Waals surface area contributed by atoms with Crippen LogP contribution in [0.1, 0.15) is 50.8 Å².